The Labute approximate surface area is 171 Å². The summed E-state index contributed by atoms with van der Waals surface area (Å²) in [5, 5.41) is 0. The van der Waals surface area contributed by atoms with Crippen LogP contribution in [0, 0.1) is 6.92 Å². The minimum atomic E-state index is -0.242. The number of nitrogens with two attached hydrogens (primary N) is 1. The summed E-state index contributed by atoms with van der Waals surface area (Å²) in [6.07, 6.45) is 0.899. The van der Waals surface area contributed by atoms with Gasteiger partial charge in [0.1, 0.15) is 0 Å². The molecule has 2 N–H and O–H groups in total. The maximum Gasteiger partial charge on any atom is 0.0728 e. The summed E-state index contributed by atoms with van der Waals surface area (Å²) in [5.74, 6) is 0. The predicted molar refractivity (Wildman–Crippen MR) is 120 cm³/mol. The van der Waals surface area contributed by atoms with E-state index in [1.165, 1.54) is 55.6 Å². The van der Waals surface area contributed by atoms with Crippen molar-refractivity contribution >= 4 is 0 Å². The molecule has 1 heteroatoms. The molecule has 4 aromatic rings. The quantitative estimate of drug-likeness (QED) is 0.405. The molecule has 140 valence electrons. The SMILES string of the molecule is Cc1cccc2c1C1(c3ccccc3-c3ccccc31)c1cccc(CCN)c1-2. The van der Waals surface area contributed by atoms with Crippen LogP contribution in [0.5, 0.6) is 0 Å². The van der Waals surface area contributed by atoms with Gasteiger partial charge in [-0.1, -0.05) is 84.9 Å². The number of hydrogen-bond acceptors (Lipinski definition) is 1. The molecule has 1 spiro atoms. The van der Waals surface area contributed by atoms with Crippen LogP contribution < -0.4 is 5.73 Å². The summed E-state index contributed by atoms with van der Waals surface area (Å²) >= 11 is 0. The Morgan fingerprint density at radius 3 is 1.93 bits per heavy atom. The highest BCUT2D eigenvalue weighted by Gasteiger charge is 2.52. The maximum absolute atomic E-state index is 6.00. The fraction of sp³-hybridized carbons (Fsp3) is 0.143. The first-order chi connectivity index (χ1) is 14.3. The van der Waals surface area contributed by atoms with Gasteiger partial charge in [0.05, 0.1) is 5.41 Å². The fourth-order valence-electron chi connectivity index (χ4n) is 5.90. The minimum Gasteiger partial charge on any atom is -0.330 e. The van der Waals surface area contributed by atoms with E-state index < -0.39 is 0 Å². The molecule has 0 aromatic heterocycles. The van der Waals surface area contributed by atoms with Gasteiger partial charge < -0.3 is 5.73 Å². The summed E-state index contributed by atoms with van der Waals surface area (Å²) in [6.45, 7) is 2.93. The first-order valence-corrected chi connectivity index (χ1v) is 10.4. The van der Waals surface area contributed by atoms with Crippen LogP contribution in [0.3, 0.4) is 0 Å². The Kier molecular flexibility index (Phi) is 3.42. The standard InChI is InChI=1S/C28H23N/c1-18-8-6-12-22-26-19(16-17-29)9-7-15-25(26)28(27(18)22)23-13-4-2-10-20(23)21-11-3-5-14-24(21)28/h2-15H,16-17,29H2,1H3. The summed E-state index contributed by atoms with van der Waals surface area (Å²) in [5.41, 5.74) is 19.6. The van der Waals surface area contributed by atoms with E-state index in [0.717, 1.165) is 6.42 Å². The summed E-state index contributed by atoms with van der Waals surface area (Å²) in [7, 11) is 0. The van der Waals surface area contributed by atoms with Crippen molar-refractivity contribution in [2.45, 2.75) is 18.8 Å². The molecule has 0 aliphatic heterocycles. The van der Waals surface area contributed by atoms with Crippen LogP contribution in [0.15, 0.2) is 84.9 Å². The van der Waals surface area contributed by atoms with Gasteiger partial charge in [0.2, 0.25) is 0 Å². The lowest BCUT2D eigenvalue weighted by Crippen LogP contribution is -2.26. The number of fused-ring (bicyclic) bond motifs is 10. The molecule has 0 fully saturated rings. The van der Waals surface area contributed by atoms with E-state index in [-0.39, 0.29) is 5.41 Å². The van der Waals surface area contributed by atoms with E-state index in [2.05, 4.69) is 91.9 Å². The number of aryl methyl sites for hydroxylation is 1. The third kappa shape index (κ3) is 1.93. The lowest BCUT2D eigenvalue weighted by Gasteiger charge is -2.31. The van der Waals surface area contributed by atoms with E-state index in [1.54, 1.807) is 0 Å². The molecule has 0 atom stereocenters. The van der Waals surface area contributed by atoms with Crippen molar-refractivity contribution in [3.8, 4) is 22.3 Å². The Morgan fingerprint density at radius 1 is 0.655 bits per heavy atom. The van der Waals surface area contributed by atoms with Crippen molar-refractivity contribution in [3.63, 3.8) is 0 Å². The zero-order chi connectivity index (χ0) is 19.6. The lowest BCUT2D eigenvalue weighted by atomic mass is 9.69. The van der Waals surface area contributed by atoms with E-state index in [1.807, 2.05) is 0 Å². The van der Waals surface area contributed by atoms with Crippen LogP contribution >= 0.6 is 0 Å². The molecule has 4 aromatic carbocycles. The Bertz CT molecular complexity index is 1240. The second kappa shape index (κ2) is 5.92. The number of rotatable bonds is 2. The highest BCUT2D eigenvalue weighted by Crippen LogP contribution is 2.63. The van der Waals surface area contributed by atoms with Crippen LogP contribution in [-0.2, 0) is 11.8 Å². The third-order valence-electron chi connectivity index (χ3n) is 6.84. The second-order valence-electron chi connectivity index (χ2n) is 8.22. The molecule has 0 unspecified atom stereocenters. The molecule has 2 aliphatic rings. The minimum absolute atomic E-state index is 0.242. The largest absolute Gasteiger partial charge is 0.330 e. The van der Waals surface area contributed by atoms with Gasteiger partial charge in [-0.25, -0.2) is 0 Å². The van der Waals surface area contributed by atoms with Crippen molar-refractivity contribution < 1.29 is 0 Å². The fourth-order valence-corrected chi connectivity index (χ4v) is 5.90. The van der Waals surface area contributed by atoms with Gasteiger partial charge in [0.25, 0.3) is 0 Å². The van der Waals surface area contributed by atoms with Gasteiger partial charge in [-0.3, -0.25) is 0 Å². The maximum atomic E-state index is 6.00. The van der Waals surface area contributed by atoms with Crippen LogP contribution in [-0.4, -0.2) is 6.54 Å². The first-order valence-electron chi connectivity index (χ1n) is 10.4. The summed E-state index contributed by atoms with van der Waals surface area (Å²) in [4.78, 5) is 0. The molecule has 0 heterocycles. The van der Waals surface area contributed by atoms with Crippen molar-refractivity contribution in [2.24, 2.45) is 5.73 Å². The molecule has 0 bridgehead atoms. The van der Waals surface area contributed by atoms with Gasteiger partial charge in [0.15, 0.2) is 0 Å². The van der Waals surface area contributed by atoms with Gasteiger partial charge in [-0.05, 0) is 75.5 Å². The summed E-state index contributed by atoms with van der Waals surface area (Å²) < 4.78 is 0. The molecular formula is C28H23N. The predicted octanol–water partition coefficient (Wildman–Crippen LogP) is 5.84. The van der Waals surface area contributed by atoms with Gasteiger partial charge in [0, 0.05) is 0 Å². The first kappa shape index (κ1) is 16.8. The Hall–Kier alpha value is -3.16. The second-order valence-corrected chi connectivity index (χ2v) is 8.22. The van der Waals surface area contributed by atoms with Crippen LogP contribution in [0.1, 0.15) is 33.4 Å². The third-order valence-corrected chi connectivity index (χ3v) is 6.84. The molecule has 2 aliphatic carbocycles. The molecule has 0 saturated carbocycles. The molecule has 0 saturated heterocycles. The van der Waals surface area contributed by atoms with Crippen molar-refractivity contribution in [3.05, 3.63) is 118 Å². The zero-order valence-electron chi connectivity index (χ0n) is 16.6. The van der Waals surface area contributed by atoms with E-state index >= 15 is 0 Å². The van der Waals surface area contributed by atoms with Crippen molar-refractivity contribution in [1.82, 2.24) is 0 Å². The molecule has 0 amide bonds. The van der Waals surface area contributed by atoms with Crippen LogP contribution in [0.2, 0.25) is 0 Å². The van der Waals surface area contributed by atoms with Crippen molar-refractivity contribution in [2.75, 3.05) is 6.54 Å². The highest BCUT2D eigenvalue weighted by atomic mass is 14.5. The van der Waals surface area contributed by atoms with Crippen LogP contribution in [0.25, 0.3) is 22.3 Å². The van der Waals surface area contributed by atoms with E-state index in [4.69, 9.17) is 5.73 Å². The Morgan fingerprint density at radius 2 is 1.24 bits per heavy atom. The Balaban J connectivity index is 1.86. The molecule has 29 heavy (non-hydrogen) atoms. The van der Waals surface area contributed by atoms with Crippen LogP contribution in [0.4, 0.5) is 0 Å². The van der Waals surface area contributed by atoms with E-state index in [0.29, 0.717) is 6.54 Å². The van der Waals surface area contributed by atoms with Gasteiger partial charge >= 0.3 is 0 Å². The smallest absolute Gasteiger partial charge is 0.0728 e. The monoisotopic (exact) mass is 373 g/mol. The van der Waals surface area contributed by atoms with Gasteiger partial charge in [-0.15, -0.1) is 0 Å². The highest BCUT2D eigenvalue weighted by molar-refractivity contribution is 5.96. The number of benzene rings is 4. The lowest BCUT2D eigenvalue weighted by molar-refractivity contribution is 0.785. The number of hydrogen-bond donors (Lipinski definition) is 1. The summed E-state index contributed by atoms with van der Waals surface area (Å²) in [6, 6.07) is 31.5. The molecule has 1 nitrogen and oxygen atoms in total. The zero-order valence-corrected chi connectivity index (χ0v) is 16.6. The van der Waals surface area contributed by atoms with Crippen molar-refractivity contribution in [1.29, 1.82) is 0 Å². The molecule has 6 rings (SSSR count). The normalized spacial score (nSPS) is 14.4. The van der Waals surface area contributed by atoms with Gasteiger partial charge in [-0.2, -0.15) is 0 Å². The molecular weight excluding hydrogens is 350 g/mol. The topological polar surface area (TPSA) is 26.0 Å². The van der Waals surface area contributed by atoms with E-state index in [9.17, 15) is 0 Å². The average molecular weight is 373 g/mol. The molecule has 0 radical (unpaired) electrons. The average Bonchev–Trinajstić information content (AvgIpc) is 3.23.